The minimum absolute atomic E-state index is 0.0570. The predicted molar refractivity (Wildman–Crippen MR) is 109 cm³/mol. The number of amidine groups is 1. The fraction of sp³-hybridized carbons (Fsp3) is 0.300. The van der Waals surface area contributed by atoms with Crippen molar-refractivity contribution in [1.82, 2.24) is 4.90 Å². The number of amides is 2. The van der Waals surface area contributed by atoms with Crippen LogP contribution in [0.2, 0.25) is 0 Å². The number of thioether (sulfide) groups is 1. The summed E-state index contributed by atoms with van der Waals surface area (Å²) in [5, 5.41) is 0.568. The van der Waals surface area contributed by atoms with Crippen LogP contribution in [0.3, 0.4) is 0 Å². The molecule has 3 rings (SSSR count). The Balaban J connectivity index is 1.99. The number of benzene rings is 1. The first kappa shape index (κ1) is 20.7. The maximum Gasteiger partial charge on any atom is 0.338 e. The molecule has 1 unspecified atom stereocenters. The zero-order valence-electron chi connectivity index (χ0n) is 15.9. The van der Waals surface area contributed by atoms with Gasteiger partial charge in [0, 0.05) is 12.2 Å². The third kappa shape index (κ3) is 4.51. The molecule has 29 heavy (non-hydrogen) atoms. The summed E-state index contributed by atoms with van der Waals surface area (Å²) in [5.41, 5.74) is 6.60. The first-order valence-electron chi connectivity index (χ1n) is 8.95. The Hall–Kier alpha value is -3.07. The van der Waals surface area contributed by atoms with Crippen LogP contribution < -0.4 is 10.5 Å². The number of nitrogens with two attached hydrogens (primary N) is 1. The molecule has 8 nitrogen and oxygen atoms in total. The molecule has 9 heteroatoms. The van der Waals surface area contributed by atoms with E-state index in [1.165, 1.54) is 17.8 Å². The lowest BCUT2D eigenvalue weighted by Crippen LogP contribution is -2.45. The lowest BCUT2D eigenvalue weighted by molar-refractivity contribution is -0.139. The Morgan fingerprint density at radius 1 is 1.38 bits per heavy atom. The summed E-state index contributed by atoms with van der Waals surface area (Å²) in [6.45, 7) is 5.10. The number of hydrogen-bond donors (Lipinski definition) is 1. The van der Waals surface area contributed by atoms with Crippen molar-refractivity contribution in [2.45, 2.75) is 19.4 Å². The molecule has 1 saturated heterocycles. The molecule has 152 valence electrons. The normalized spacial score (nSPS) is 18.7. The topological polar surface area (TPSA) is 111 Å². The largest absolute Gasteiger partial charge is 0.484 e. The minimum Gasteiger partial charge on any atom is -0.484 e. The van der Waals surface area contributed by atoms with E-state index in [-0.39, 0.29) is 19.1 Å². The van der Waals surface area contributed by atoms with Gasteiger partial charge in [0.2, 0.25) is 5.91 Å². The van der Waals surface area contributed by atoms with E-state index < -0.39 is 17.9 Å². The van der Waals surface area contributed by atoms with Crippen molar-refractivity contribution in [1.29, 1.82) is 0 Å². The second-order valence-electron chi connectivity index (χ2n) is 6.37. The smallest absolute Gasteiger partial charge is 0.338 e. The van der Waals surface area contributed by atoms with Crippen LogP contribution >= 0.6 is 11.8 Å². The Kier molecular flexibility index (Phi) is 6.38. The molecular weight excluding hydrogens is 394 g/mol. The fourth-order valence-corrected chi connectivity index (χ4v) is 4.09. The highest BCUT2D eigenvalue weighted by molar-refractivity contribution is 8.14. The molecule has 2 N–H and O–H groups in total. The zero-order chi connectivity index (χ0) is 21.0. The van der Waals surface area contributed by atoms with Gasteiger partial charge in [-0.25, -0.2) is 9.79 Å². The molecule has 2 aliphatic rings. The Bertz CT molecular complexity index is 907. The second-order valence-corrected chi connectivity index (χ2v) is 7.43. The SMILES string of the molecule is C=CCOC(=O)C1=C(C)N=C2SCCC(=O)N2C1c1ccc(OCC(N)=O)cc1. The van der Waals surface area contributed by atoms with E-state index in [4.69, 9.17) is 15.2 Å². The quantitative estimate of drug-likeness (QED) is 0.538. The van der Waals surface area contributed by atoms with E-state index in [0.29, 0.717) is 39.9 Å². The lowest BCUT2D eigenvalue weighted by Gasteiger charge is -2.38. The number of allylic oxidation sites excluding steroid dienone is 1. The lowest BCUT2D eigenvalue weighted by atomic mass is 9.94. The summed E-state index contributed by atoms with van der Waals surface area (Å²) in [4.78, 5) is 42.4. The van der Waals surface area contributed by atoms with Crippen molar-refractivity contribution >= 4 is 34.7 Å². The fourth-order valence-electron chi connectivity index (χ4n) is 3.09. The van der Waals surface area contributed by atoms with Crippen molar-refractivity contribution in [2.75, 3.05) is 19.0 Å². The number of esters is 1. The van der Waals surface area contributed by atoms with Gasteiger partial charge in [-0.3, -0.25) is 14.5 Å². The Morgan fingerprint density at radius 2 is 2.10 bits per heavy atom. The van der Waals surface area contributed by atoms with E-state index in [0.717, 1.165) is 0 Å². The van der Waals surface area contributed by atoms with Gasteiger partial charge in [0.05, 0.1) is 17.3 Å². The minimum atomic E-state index is -0.662. The van der Waals surface area contributed by atoms with Gasteiger partial charge in [0.25, 0.3) is 5.91 Å². The van der Waals surface area contributed by atoms with Crippen LogP contribution in [0.25, 0.3) is 0 Å². The zero-order valence-corrected chi connectivity index (χ0v) is 16.7. The van der Waals surface area contributed by atoms with Crippen LogP contribution in [-0.2, 0) is 19.1 Å². The number of nitrogens with zero attached hydrogens (tertiary/aromatic N) is 2. The molecule has 1 aromatic rings. The molecule has 0 aliphatic carbocycles. The van der Waals surface area contributed by atoms with Crippen LogP contribution in [0.5, 0.6) is 5.75 Å². The van der Waals surface area contributed by atoms with Gasteiger partial charge in [0.1, 0.15) is 12.4 Å². The number of rotatable bonds is 7. The van der Waals surface area contributed by atoms with Crippen molar-refractivity contribution in [3.63, 3.8) is 0 Å². The molecule has 2 heterocycles. The monoisotopic (exact) mass is 415 g/mol. The number of fused-ring (bicyclic) bond motifs is 1. The van der Waals surface area contributed by atoms with E-state index in [9.17, 15) is 14.4 Å². The molecule has 0 saturated carbocycles. The van der Waals surface area contributed by atoms with Gasteiger partial charge in [0.15, 0.2) is 11.8 Å². The van der Waals surface area contributed by atoms with E-state index in [1.807, 2.05) is 0 Å². The van der Waals surface area contributed by atoms with Gasteiger partial charge in [-0.1, -0.05) is 36.5 Å². The van der Waals surface area contributed by atoms with Crippen molar-refractivity contribution in [3.05, 3.63) is 53.8 Å². The summed E-state index contributed by atoms with van der Waals surface area (Å²) in [6.07, 6.45) is 1.83. The number of ether oxygens (including phenoxy) is 2. The van der Waals surface area contributed by atoms with Crippen LogP contribution in [0.15, 0.2) is 53.2 Å². The molecule has 0 spiro atoms. The number of hydrogen-bond acceptors (Lipinski definition) is 7. The molecule has 0 radical (unpaired) electrons. The third-order valence-electron chi connectivity index (χ3n) is 4.34. The highest BCUT2D eigenvalue weighted by Gasteiger charge is 2.41. The van der Waals surface area contributed by atoms with Gasteiger partial charge in [-0.2, -0.15) is 0 Å². The van der Waals surface area contributed by atoms with Crippen molar-refractivity contribution in [2.24, 2.45) is 10.7 Å². The first-order chi connectivity index (χ1) is 13.9. The molecular formula is C20H21N3O5S. The molecule has 1 aromatic carbocycles. The summed E-state index contributed by atoms with van der Waals surface area (Å²) < 4.78 is 10.5. The molecule has 0 bridgehead atoms. The van der Waals surface area contributed by atoms with E-state index >= 15 is 0 Å². The average Bonchev–Trinajstić information content (AvgIpc) is 2.70. The summed E-state index contributed by atoms with van der Waals surface area (Å²) in [7, 11) is 0. The van der Waals surface area contributed by atoms with Crippen LogP contribution in [-0.4, -0.2) is 46.8 Å². The maximum absolute atomic E-state index is 12.8. The third-order valence-corrected chi connectivity index (χ3v) is 5.29. The summed E-state index contributed by atoms with van der Waals surface area (Å²) in [5.74, 6) is -0.141. The maximum atomic E-state index is 12.8. The molecule has 1 fully saturated rings. The number of carbonyl (C=O) groups is 3. The number of aliphatic imine (C=N–C) groups is 1. The van der Waals surface area contributed by atoms with Gasteiger partial charge in [-0.05, 0) is 24.6 Å². The van der Waals surface area contributed by atoms with Gasteiger partial charge >= 0.3 is 5.97 Å². The van der Waals surface area contributed by atoms with Crippen LogP contribution in [0.1, 0.15) is 24.9 Å². The number of primary amides is 1. The molecule has 0 aromatic heterocycles. The summed E-state index contributed by atoms with van der Waals surface area (Å²) >= 11 is 1.48. The predicted octanol–water partition coefficient (Wildman–Crippen LogP) is 1.93. The van der Waals surface area contributed by atoms with Gasteiger partial charge < -0.3 is 15.2 Å². The molecule has 2 aliphatic heterocycles. The van der Waals surface area contributed by atoms with Crippen LogP contribution in [0, 0.1) is 0 Å². The highest BCUT2D eigenvalue weighted by Crippen LogP contribution is 2.40. The van der Waals surface area contributed by atoms with Crippen molar-refractivity contribution < 1.29 is 23.9 Å². The number of carbonyl (C=O) groups excluding carboxylic acids is 3. The van der Waals surface area contributed by atoms with Crippen molar-refractivity contribution in [3.8, 4) is 5.75 Å². The molecule has 2 amide bonds. The summed E-state index contributed by atoms with van der Waals surface area (Å²) in [6, 6.07) is 6.14. The highest BCUT2D eigenvalue weighted by atomic mass is 32.2. The Morgan fingerprint density at radius 3 is 2.76 bits per heavy atom. The van der Waals surface area contributed by atoms with Crippen LogP contribution in [0.4, 0.5) is 0 Å². The first-order valence-corrected chi connectivity index (χ1v) is 9.94. The standard InChI is InChI=1S/C20H21N3O5S/c1-3-9-27-19(26)17-12(2)22-20-23(16(25)8-10-29-20)18(17)13-4-6-14(7-5-13)28-11-15(21)24/h3-7,18H,1,8-11H2,2H3,(H2,21,24). The molecule has 1 atom stereocenters. The van der Waals surface area contributed by atoms with E-state index in [1.54, 1.807) is 36.1 Å². The average molecular weight is 415 g/mol. The van der Waals surface area contributed by atoms with Gasteiger partial charge in [-0.15, -0.1) is 0 Å². The van der Waals surface area contributed by atoms with E-state index in [2.05, 4.69) is 11.6 Å². The second kappa shape index (κ2) is 8.95. The Labute approximate surface area is 172 Å².